The fraction of sp³-hybridized carbons (Fsp3) is 0.350. The topological polar surface area (TPSA) is 64.3 Å². The van der Waals surface area contributed by atoms with Gasteiger partial charge in [-0.2, -0.15) is 0 Å². The molecule has 0 aliphatic rings. The van der Waals surface area contributed by atoms with Crippen molar-refractivity contribution in [3.8, 4) is 5.75 Å². The zero-order valence-corrected chi connectivity index (χ0v) is 14.6. The molecule has 0 aliphatic carbocycles. The van der Waals surface area contributed by atoms with E-state index in [1.54, 1.807) is 7.11 Å². The number of hydrogen-bond acceptors (Lipinski definition) is 3. The lowest BCUT2D eigenvalue weighted by atomic mass is 9.95. The molecule has 0 aliphatic heterocycles. The van der Waals surface area contributed by atoms with E-state index in [1.165, 1.54) is 0 Å². The number of carbonyl (C=O) groups excluding carboxylic acids is 1. The summed E-state index contributed by atoms with van der Waals surface area (Å²) in [6, 6.07) is 15.1. The van der Waals surface area contributed by atoms with Crippen LogP contribution in [0.4, 0.5) is 0 Å². The summed E-state index contributed by atoms with van der Waals surface area (Å²) in [6.45, 7) is 4.76. The van der Waals surface area contributed by atoms with Gasteiger partial charge in [0.25, 0.3) is 5.91 Å². The summed E-state index contributed by atoms with van der Waals surface area (Å²) in [6.07, 6.45) is 0.840. The van der Waals surface area contributed by atoms with Crippen LogP contribution in [0.3, 0.4) is 0 Å². The van der Waals surface area contributed by atoms with E-state index >= 15 is 0 Å². The number of nitrogens with two attached hydrogens (primary N) is 1. The van der Waals surface area contributed by atoms with Gasteiger partial charge in [-0.15, -0.1) is 0 Å². The normalized spacial score (nSPS) is 12.0. The van der Waals surface area contributed by atoms with E-state index < -0.39 is 0 Å². The van der Waals surface area contributed by atoms with Gasteiger partial charge in [-0.25, -0.2) is 0 Å². The zero-order valence-electron chi connectivity index (χ0n) is 14.6. The Balaban J connectivity index is 2.23. The third kappa shape index (κ3) is 4.59. The molecule has 0 heterocycles. The first-order valence-electron chi connectivity index (χ1n) is 8.28. The molecule has 0 radical (unpaired) electrons. The number of para-hydroxylation sites is 1. The fourth-order valence-corrected chi connectivity index (χ4v) is 2.72. The average Bonchev–Trinajstić information content (AvgIpc) is 2.60. The number of benzene rings is 2. The lowest BCUT2D eigenvalue weighted by molar-refractivity contribution is 0.0931. The van der Waals surface area contributed by atoms with Gasteiger partial charge < -0.3 is 15.8 Å². The van der Waals surface area contributed by atoms with E-state index in [2.05, 4.69) is 19.2 Å². The Morgan fingerprint density at radius 1 is 1.12 bits per heavy atom. The Morgan fingerprint density at radius 2 is 1.79 bits per heavy atom. The van der Waals surface area contributed by atoms with E-state index in [0.717, 1.165) is 23.3 Å². The SMILES string of the molecule is COc1ccccc1C(CC(C)C)NC(=O)c1ccc(CN)cc1. The van der Waals surface area contributed by atoms with Crippen LogP contribution in [-0.2, 0) is 6.54 Å². The third-order valence-electron chi connectivity index (χ3n) is 3.98. The second-order valence-electron chi connectivity index (χ2n) is 6.30. The van der Waals surface area contributed by atoms with Crippen molar-refractivity contribution in [3.05, 3.63) is 65.2 Å². The maximum Gasteiger partial charge on any atom is 0.251 e. The molecule has 0 fully saturated rings. The van der Waals surface area contributed by atoms with Crippen molar-refractivity contribution in [2.24, 2.45) is 11.7 Å². The van der Waals surface area contributed by atoms with Gasteiger partial charge in [0.1, 0.15) is 5.75 Å². The van der Waals surface area contributed by atoms with Gasteiger partial charge in [0.15, 0.2) is 0 Å². The van der Waals surface area contributed by atoms with E-state index in [9.17, 15) is 4.79 Å². The largest absolute Gasteiger partial charge is 0.496 e. The average molecular weight is 326 g/mol. The first-order chi connectivity index (χ1) is 11.5. The number of amides is 1. The summed E-state index contributed by atoms with van der Waals surface area (Å²) in [5, 5.41) is 3.14. The Labute approximate surface area is 144 Å². The molecule has 2 aromatic rings. The summed E-state index contributed by atoms with van der Waals surface area (Å²) in [5.74, 6) is 1.15. The van der Waals surface area contributed by atoms with Crippen LogP contribution in [0, 0.1) is 5.92 Å². The Bertz CT molecular complexity index is 666. The highest BCUT2D eigenvalue weighted by Gasteiger charge is 2.20. The highest BCUT2D eigenvalue weighted by Crippen LogP contribution is 2.29. The fourth-order valence-electron chi connectivity index (χ4n) is 2.72. The molecule has 1 unspecified atom stereocenters. The highest BCUT2D eigenvalue weighted by molar-refractivity contribution is 5.94. The molecule has 1 amide bonds. The molecule has 0 spiro atoms. The molecule has 128 valence electrons. The van der Waals surface area contributed by atoms with E-state index in [1.807, 2.05) is 48.5 Å². The number of carbonyl (C=O) groups is 1. The van der Waals surface area contributed by atoms with Gasteiger partial charge in [0.2, 0.25) is 0 Å². The molecule has 0 saturated heterocycles. The molecule has 0 saturated carbocycles. The minimum absolute atomic E-state index is 0.0878. The maximum atomic E-state index is 12.6. The van der Waals surface area contributed by atoms with Crippen LogP contribution in [0.1, 0.15) is 47.8 Å². The van der Waals surface area contributed by atoms with Crippen molar-refractivity contribution in [1.82, 2.24) is 5.32 Å². The van der Waals surface area contributed by atoms with E-state index in [-0.39, 0.29) is 11.9 Å². The number of rotatable bonds is 7. The zero-order chi connectivity index (χ0) is 17.5. The lowest BCUT2D eigenvalue weighted by Crippen LogP contribution is -2.29. The minimum atomic E-state index is -0.0946. The highest BCUT2D eigenvalue weighted by atomic mass is 16.5. The van der Waals surface area contributed by atoms with Crippen LogP contribution >= 0.6 is 0 Å². The van der Waals surface area contributed by atoms with Crippen LogP contribution in [0.5, 0.6) is 5.75 Å². The summed E-state index contributed by atoms with van der Waals surface area (Å²) < 4.78 is 5.46. The number of ether oxygens (including phenoxy) is 1. The molecule has 0 aromatic heterocycles. The van der Waals surface area contributed by atoms with Crippen molar-refractivity contribution in [1.29, 1.82) is 0 Å². The summed E-state index contributed by atoms with van der Waals surface area (Å²) in [5.41, 5.74) is 8.25. The molecule has 3 N–H and O–H groups in total. The quantitative estimate of drug-likeness (QED) is 0.816. The molecular formula is C20H26N2O2. The van der Waals surface area contributed by atoms with Gasteiger partial charge in [0.05, 0.1) is 13.2 Å². The maximum absolute atomic E-state index is 12.6. The molecule has 0 bridgehead atoms. The van der Waals surface area contributed by atoms with Crippen LogP contribution < -0.4 is 15.8 Å². The second-order valence-corrected chi connectivity index (χ2v) is 6.30. The van der Waals surface area contributed by atoms with Crippen molar-refractivity contribution in [2.75, 3.05) is 7.11 Å². The van der Waals surface area contributed by atoms with Gasteiger partial charge in [-0.1, -0.05) is 44.2 Å². The molecule has 1 atom stereocenters. The monoisotopic (exact) mass is 326 g/mol. The van der Waals surface area contributed by atoms with Crippen molar-refractivity contribution < 1.29 is 9.53 Å². The van der Waals surface area contributed by atoms with Crippen molar-refractivity contribution >= 4 is 5.91 Å². The molecule has 24 heavy (non-hydrogen) atoms. The predicted molar refractivity (Wildman–Crippen MR) is 97.0 cm³/mol. The van der Waals surface area contributed by atoms with Gasteiger partial charge in [-0.3, -0.25) is 4.79 Å². The minimum Gasteiger partial charge on any atom is -0.496 e. The summed E-state index contributed by atoms with van der Waals surface area (Å²) in [4.78, 5) is 12.6. The second kappa shape index (κ2) is 8.50. The first kappa shape index (κ1) is 18.0. The van der Waals surface area contributed by atoms with Crippen molar-refractivity contribution in [2.45, 2.75) is 32.9 Å². The predicted octanol–water partition coefficient (Wildman–Crippen LogP) is 3.67. The smallest absolute Gasteiger partial charge is 0.251 e. The Hall–Kier alpha value is -2.33. The van der Waals surface area contributed by atoms with E-state index in [4.69, 9.17) is 10.5 Å². The Kier molecular flexibility index (Phi) is 6.38. The summed E-state index contributed by atoms with van der Waals surface area (Å²) in [7, 11) is 1.65. The lowest BCUT2D eigenvalue weighted by Gasteiger charge is -2.23. The van der Waals surface area contributed by atoms with Crippen molar-refractivity contribution in [3.63, 3.8) is 0 Å². The third-order valence-corrected chi connectivity index (χ3v) is 3.98. The Morgan fingerprint density at radius 3 is 2.38 bits per heavy atom. The van der Waals surface area contributed by atoms with Crippen LogP contribution in [0.2, 0.25) is 0 Å². The molecule has 4 heteroatoms. The standard InChI is InChI=1S/C20H26N2O2/c1-14(2)12-18(17-6-4-5-7-19(17)24-3)22-20(23)16-10-8-15(13-21)9-11-16/h4-11,14,18H,12-13,21H2,1-3H3,(H,22,23). The van der Waals surface area contributed by atoms with Gasteiger partial charge in [0, 0.05) is 17.7 Å². The molecule has 4 nitrogen and oxygen atoms in total. The number of nitrogens with one attached hydrogen (secondary N) is 1. The first-order valence-corrected chi connectivity index (χ1v) is 8.28. The van der Waals surface area contributed by atoms with Crippen LogP contribution in [0.25, 0.3) is 0 Å². The number of methoxy groups -OCH3 is 1. The molecular weight excluding hydrogens is 300 g/mol. The number of hydrogen-bond donors (Lipinski definition) is 2. The summed E-state index contributed by atoms with van der Waals surface area (Å²) >= 11 is 0. The van der Waals surface area contributed by atoms with Crippen LogP contribution in [-0.4, -0.2) is 13.0 Å². The molecule has 2 aromatic carbocycles. The molecule has 2 rings (SSSR count). The van der Waals surface area contributed by atoms with E-state index in [0.29, 0.717) is 18.0 Å². The van der Waals surface area contributed by atoms with Gasteiger partial charge in [-0.05, 0) is 36.1 Å². The van der Waals surface area contributed by atoms with Gasteiger partial charge >= 0.3 is 0 Å². The van der Waals surface area contributed by atoms with Crippen LogP contribution in [0.15, 0.2) is 48.5 Å².